The number of carbonyl (C=O) groups excluding carboxylic acids is 2. The molecule has 0 spiro atoms. The topological polar surface area (TPSA) is 121 Å². The van der Waals surface area contributed by atoms with Crippen molar-refractivity contribution in [2.24, 2.45) is 20.5 Å². The first-order valence-electron chi connectivity index (χ1n) is 30.0. The van der Waals surface area contributed by atoms with E-state index in [9.17, 15) is 9.59 Å². The van der Waals surface area contributed by atoms with Gasteiger partial charge in [-0.25, -0.2) is 9.59 Å². The summed E-state index contributed by atoms with van der Waals surface area (Å²) in [5.41, 5.74) is 8.62. The molecule has 0 N–H and O–H groups in total. The molecule has 10 heteroatoms. The van der Waals surface area contributed by atoms with E-state index < -0.39 is 11.9 Å². The highest BCUT2D eigenvalue weighted by Gasteiger charge is 2.24. The molecule has 10 nitrogen and oxygen atoms in total. The minimum Gasteiger partial charge on any atom is -0.494 e. The molecule has 0 aromatic heterocycles. The van der Waals surface area contributed by atoms with Gasteiger partial charge in [0.15, 0.2) is 0 Å². The van der Waals surface area contributed by atoms with Gasteiger partial charge in [0.05, 0.1) is 47.1 Å². The molecular formula is C76H68N4O6. The second kappa shape index (κ2) is 28.5. The lowest BCUT2D eigenvalue weighted by Crippen LogP contribution is -2.11. The Hall–Kier alpha value is -10.1. The van der Waals surface area contributed by atoms with Gasteiger partial charge in [0.2, 0.25) is 0 Å². The second-order valence-corrected chi connectivity index (χ2v) is 21.4. The number of ether oxygens (including phenoxy) is 4. The van der Waals surface area contributed by atoms with Gasteiger partial charge >= 0.3 is 11.9 Å². The smallest absolute Gasteiger partial charge is 0.343 e. The maximum atomic E-state index is 14.4. The summed E-state index contributed by atoms with van der Waals surface area (Å²) >= 11 is 0. The summed E-state index contributed by atoms with van der Waals surface area (Å²) in [6, 6.07) is 73.5. The molecular weight excluding hydrogens is 1060 g/mol. The molecule has 86 heavy (non-hydrogen) atoms. The first kappa shape index (κ1) is 57.7. The zero-order valence-corrected chi connectivity index (χ0v) is 48.7. The third-order valence-corrected chi connectivity index (χ3v) is 15.3. The van der Waals surface area contributed by atoms with Crippen molar-refractivity contribution in [1.29, 1.82) is 0 Å². The number of fused-ring (bicyclic) bond motifs is 4. The van der Waals surface area contributed by atoms with E-state index in [2.05, 4.69) is 52.5 Å². The lowest BCUT2D eigenvalue weighted by molar-refractivity contribution is 0.0723. The van der Waals surface area contributed by atoms with E-state index in [-0.39, 0.29) is 0 Å². The number of hydrogen-bond donors (Lipinski definition) is 0. The van der Waals surface area contributed by atoms with Crippen LogP contribution >= 0.6 is 0 Å². The number of hydrogen-bond acceptors (Lipinski definition) is 10. The van der Waals surface area contributed by atoms with Gasteiger partial charge in [-0.3, -0.25) is 0 Å². The van der Waals surface area contributed by atoms with Gasteiger partial charge in [0, 0.05) is 11.1 Å². The minimum absolute atomic E-state index is 0.317. The number of azo groups is 2. The fraction of sp³-hybridized carbons (Fsp3) is 0.184. The van der Waals surface area contributed by atoms with Crippen LogP contribution in [-0.2, 0) is 0 Å². The molecule has 0 heterocycles. The Kier molecular flexibility index (Phi) is 19.1. The molecule has 11 aromatic carbocycles. The van der Waals surface area contributed by atoms with E-state index in [4.69, 9.17) is 18.9 Å². The normalized spacial score (nSPS) is 11.5. The Labute approximate surface area is 502 Å². The Morgan fingerprint density at radius 3 is 1.12 bits per heavy atom. The summed E-state index contributed by atoms with van der Waals surface area (Å²) in [7, 11) is 0. The van der Waals surface area contributed by atoms with Crippen LogP contribution in [0.25, 0.3) is 65.7 Å². The van der Waals surface area contributed by atoms with Crippen molar-refractivity contribution >= 4 is 67.0 Å². The summed E-state index contributed by atoms with van der Waals surface area (Å²) in [5, 5.41) is 23.4. The highest BCUT2D eigenvalue weighted by atomic mass is 16.5. The first-order chi connectivity index (χ1) is 42.4. The third-order valence-electron chi connectivity index (χ3n) is 15.3. The summed E-state index contributed by atoms with van der Waals surface area (Å²) in [6.07, 6.45) is 12.0. The van der Waals surface area contributed by atoms with Crippen molar-refractivity contribution in [3.63, 3.8) is 0 Å². The van der Waals surface area contributed by atoms with Crippen LogP contribution in [0.3, 0.4) is 0 Å². The minimum atomic E-state index is -0.538. The first-order valence-corrected chi connectivity index (χ1v) is 30.0. The van der Waals surface area contributed by atoms with Gasteiger partial charge < -0.3 is 18.9 Å². The van der Waals surface area contributed by atoms with Crippen LogP contribution in [0.15, 0.2) is 251 Å². The summed E-state index contributed by atoms with van der Waals surface area (Å²) in [6.45, 7) is 5.86. The highest BCUT2D eigenvalue weighted by Crippen LogP contribution is 2.47. The molecule has 0 saturated heterocycles. The van der Waals surface area contributed by atoms with E-state index in [1.807, 2.05) is 188 Å². The molecule has 0 radical (unpaired) electrons. The van der Waals surface area contributed by atoms with Crippen molar-refractivity contribution in [2.75, 3.05) is 13.2 Å². The predicted octanol–water partition coefficient (Wildman–Crippen LogP) is 22.1. The molecule has 11 aromatic rings. The van der Waals surface area contributed by atoms with Gasteiger partial charge in [-0.2, -0.15) is 20.5 Å². The van der Waals surface area contributed by atoms with Gasteiger partial charge in [0.1, 0.15) is 23.0 Å². The molecule has 0 unspecified atom stereocenters. The van der Waals surface area contributed by atoms with Gasteiger partial charge in [-0.1, -0.05) is 187 Å². The molecule has 0 aliphatic rings. The molecule has 0 aliphatic heterocycles. The molecule has 0 fully saturated rings. The van der Waals surface area contributed by atoms with Crippen LogP contribution in [0.2, 0.25) is 0 Å². The van der Waals surface area contributed by atoms with Crippen molar-refractivity contribution in [2.45, 2.75) is 78.1 Å². The maximum Gasteiger partial charge on any atom is 0.343 e. The van der Waals surface area contributed by atoms with Crippen molar-refractivity contribution in [1.82, 2.24) is 0 Å². The Bertz CT molecular complexity index is 4140. The lowest BCUT2D eigenvalue weighted by Gasteiger charge is -2.19. The maximum absolute atomic E-state index is 14.4. The summed E-state index contributed by atoms with van der Waals surface area (Å²) in [5.74, 6) is 1.22. The molecule has 0 aliphatic carbocycles. The van der Waals surface area contributed by atoms with Crippen molar-refractivity contribution in [3.05, 3.63) is 242 Å². The average Bonchev–Trinajstić information content (AvgIpc) is 1.81. The van der Waals surface area contributed by atoms with Crippen LogP contribution < -0.4 is 18.9 Å². The fourth-order valence-corrected chi connectivity index (χ4v) is 10.6. The number of unbranched alkanes of at least 4 members (excludes halogenated alkanes) is 8. The molecule has 0 bridgehead atoms. The number of benzene rings is 11. The van der Waals surface area contributed by atoms with Gasteiger partial charge in [0.25, 0.3) is 0 Å². The standard InChI is InChI=1S/C76H68N4O6/c1-3-5-7-9-15-51-83-65-43-39-63(40-44-65)79-77-61-35-29-55(30-36-61)53-21-25-59(26-22-53)75(81)85-71-49-34-58-18-12-14-20-68(58)73(71)74-70-47-33-57-17-11-13-19-67(57)69(70)48-50-72(74)86-76(82)60-27-23-54(24-28-60)56-31-37-62(38-32-56)78-80-64-41-45-66(46-42-64)84-52-16-10-8-6-4-2/h11-14,17-50H,3-10,15-16,51-52H2,1-2H3/b79-77+,80-78+. The fourth-order valence-electron chi connectivity index (χ4n) is 10.6. The molecule has 0 atom stereocenters. The van der Waals surface area contributed by atoms with Crippen molar-refractivity contribution in [3.8, 4) is 56.4 Å². The predicted molar refractivity (Wildman–Crippen MR) is 348 cm³/mol. The quantitative estimate of drug-likeness (QED) is 0.0185. The third kappa shape index (κ3) is 14.5. The van der Waals surface area contributed by atoms with E-state index in [0.717, 1.165) is 90.3 Å². The zero-order valence-electron chi connectivity index (χ0n) is 48.7. The Morgan fingerprint density at radius 2 is 0.663 bits per heavy atom. The number of carbonyl (C=O) groups is 2. The van der Waals surface area contributed by atoms with Crippen molar-refractivity contribution < 1.29 is 28.5 Å². The summed E-state index contributed by atoms with van der Waals surface area (Å²) < 4.78 is 24.7. The Morgan fingerprint density at radius 1 is 0.314 bits per heavy atom. The van der Waals surface area contributed by atoms with E-state index >= 15 is 0 Å². The molecule has 0 saturated carbocycles. The monoisotopic (exact) mass is 1130 g/mol. The largest absolute Gasteiger partial charge is 0.494 e. The van der Waals surface area contributed by atoms with E-state index in [0.29, 0.717) is 58.3 Å². The zero-order chi connectivity index (χ0) is 58.9. The number of esters is 2. The number of nitrogens with zero attached hydrogens (tertiary/aromatic N) is 4. The van der Waals surface area contributed by atoms with Crippen LogP contribution in [0, 0.1) is 0 Å². The molecule has 428 valence electrons. The van der Waals surface area contributed by atoms with E-state index in [1.54, 1.807) is 24.3 Å². The van der Waals surface area contributed by atoms with Crippen LogP contribution in [0.4, 0.5) is 22.7 Å². The molecule has 11 rings (SSSR count). The van der Waals surface area contributed by atoms with Crippen LogP contribution in [0.5, 0.6) is 23.0 Å². The van der Waals surface area contributed by atoms with Crippen LogP contribution in [0.1, 0.15) is 98.8 Å². The SMILES string of the molecule is CCCCCCCOc1ccc(/N=N/c2ccc(-c3ccc(C(=O)Oc4ccc5ccccc5c4-c4c(OC(=O)c5ccc(-c6ccc(/N=N/c7ccc(OCCCCCCC)cc7)cc6)cc5)ccc5c4ccc4ccccc45)cc3)cc2)cc1. The van der Waals surface area contributed by atoms with Crippen LogP contribution in [-0.4, -0.2) is 25.2 Å². The number of rotatable bonds is 25. The molecule has 0 amide bonds. The Balaban J connectivity index is 0.792. The highest BCUT2D eigenvalue weighted by molar-refractivity contribution is 6.17. The lowest BCUT2D eigenvalue weighted by atomic mass is 9.90. The van der Waals surface area contributed by atoms with Gasteiger partial charge in [-0.05, 0) is 177 Å². The van der Waals surface area contributed by atoms with E-state index in [1.165, 1.54) is 51.4 Å². The second-order valence-electron chi connectivity index (χ2n) is 21.4. The summed E-state index contributed by atoms with van der Waals surface area (Å²) in [4.78, 5) is 28.7. The average molecular weight is 1130 g/mol. The van der Waals surface area contributed by atoms with Gasteiger partial charge in [-0.15, -0.1) is 0 Å².